The van der Waals surface area contributed by atoms with Crippen molar-refractivity contribution in [3.8, 4) is 11.5 Å². The maximum absolute atomic E-state index is 11.3. The largest absolute Gasteiger partial charge is 0.497 e. The van der Waals surface area contributed by atoms with Gasteiger partial charge in [-0.1, -0.05) is 6.92 Å². The quantitative estimate of drug-likeness (QED) is 0.909. The zero-order valence-electron chi connectivity index (χ0n) is 13.7. The van der Waals surface area contributed by atoms with Crippen LogP contribution in [0.5, 0.6) is 11.5 Å². The van der Waals surface area contributed by atoms with Crippen LogP contribution in [0.2, 0.25) is 0 Å². The molecule has 1 unspecified atom stereocenters. The molecule has 1 aromatic carbocycles. The molecule has 0 saturated carbocycles. The molecular weight excluding hydrogens is 296 g/mol. The lowest BCUT2D eigenvalue weighted by Crippen LogP contribution is -2.46. The highest BCUT2D eigenvalue weighted by molar-refractivity contribution is 5.75. The van der Waals surface area contributed by atoms with Crippen LogP contribution in [0.3, 0.4) is 0 Å². The van der Waals surface area contributed by atoms with Gasteiger partial charge in [-0.15, -0.1) is 0 Å². The Balaban J connectivity index is 1.91. The number of anilines is 1. The number of aliphatic carboxylic acids is 1. The molecule has 1 atom stereocenters. The Morgan fingerprint density at radius 3 is 2.70 bits per heavy atom. The maximum Gasteiger partial charge on any atom is 0.344 e. The molecule has 6 heteroatoms. The number of carbonyl (C=O) groups is 1. The minimum atomic E-state index is -0.895. The van der Waals surface area contributed by atoms with Crippen molar-refractivity contribution in [1.29, 1.82) is 0 Å². The van der Waals surface area contributed by atoms with Gasteiger partial charge in [-0.25, -0.2) is 4.79 Å². The number of piperazine rings is 1. The number of carboxylic acids is 1. The lowest BCUT2D eigenvalue weighted by Gasteiger charge is -2.37. The number of hydrogen-bond acceptors (Lipinski definition) is 5. The van der Waals surface area contributed by atoms with E-state index in [1.54, 1.807) is 7.11 Å². The number of aryl methyl sites for hydroxylation is 1. The van der Waals surface area contributed by atoms with Gasteiger partial charge in [0.15, 0.2) is 6.10 Å². The fourth-order valence-corrected chi connectivity index (χ4v) is 3.28. The van der Waals surface area contributed by atoms with Crippen LogP contribution < -0.4 is 14.4 Å². The number of ether oxygens (including phenoxy) is 2. The Kier molecular flexibility index (Phi) is 4.61. The highest BCUT2D eigenvalue weighted by atomic mass is 16.5. The fourth-order valence-electron chi connectivity index (χ4n) is 3.28. The summed E-state index contributed by atoms with van der Waals surface area (Å²) in [5, 5.41) is 9.26. The molecule has 2 aliphatic rings. The van der Waals surface area contributed by atoms with Gasteiger partial charge in [-0.3, -0.25) is 0 Å². The van der Waals surface area contributed by atoms with Crippen molar-refractivity contribution in [1.82, 2.24) is 4.90 Å². The Morgan fingerprint density at radius 1 is 1.35 bits per heavy atom. The molecule has 0 radical (unpaired) electrons. The SMILES string of the molecule is CCN1CCN(c2cc(OC)cc3c2OC(C(=O)O)CC3)CC1. The van der Waals surface area contributed by atoms with Crippen molar-refractivity contribution >= 4 is 11.7 Å². The highest BCUT2D eigenvalue weighted by Gasteiger charge is 2.30. The van der Waals surface area contributed by atoms with E-state index in [9.17, 15) is 9.90 Å². The first-order valence-electron chi connectivity index (χ1n) is 8.20. The molecule has 126 valence electrons. The van der Waals surface area contributed by atoms with Gasteiger partial charge in [0.25, 0.3) is 0 Å². The third-order valence-corrected chi connectivity index (χ3v) is 4.73. The molecule has 1 saturated heterocycles. The van der Waals surface area contributed by atoms with Crippen LogP contribution in [-0.4, -0.2) is 61.9 Å². The van der Waals surface area contributed by atoms with Gasteiger partial charge in [0, 0.05) is 37.8 Å². The number of rotatable bonds is 4. The summed E-state index contributed by atoms with van der Waals surface area (Å²) in [6.45, 7) is 7.06. The van der Waals surface area contributed by atoms with Crippen LogP contribution in [-0.2, 0) is 11.2 Å². The Labute approximate surface area is 136 Å². The van der Waals surface area contributed by atoms with Crippen LogP contribution in [0.4, 0.5) is 5.69 Å². The zero-order chi connectivity index (χ0) is 16.4. The summed E-state index contributed by atoms with van der Waals surface area (Å²) in [6, 6.07) is 3.92. The monoisotopic (exact) mass is 320 g/mol. The predicted molar refractivity (Wildman–Crippen MR) is 87.7 cm³/mol. The summed E-state index contributed by atoms with van der Waals surface area (Å²) in [4.78, 5) is 16.0. The Bertz CT molecular complexity index is 582. The van der Waals surface area contributed by atoms with Gasteiger partial charge in [0.05, 0.1) is 12.8 Å². The summed E-state index contributed by atoms with van der Waals surface area (Å²) in [5.41, 5.74) is 2.00. The molecule has 0 aliphatic carbocycles. The normalized spacial score (nSPS) is 21.5. The number of hydrogen-bond donors (Lipinski definition) is 1. The Morgan fingerprint density at radius 2 is 2.09 bits per heavy atom. The topological polar surface area (TPSA) is 62.2 Å². The van der Waals surface area contributed by atoms with Crippen LogP contribution in [0, 0.1) is 0 Å². The first-order valence-corrected chi connectivity index (χ1v) is 8.20. The number of benzene rings is 1. The lowest BCUT2D eigenvalue weighted by atomic mass is 10.00. The van der Waals surface area contributed by atoms with Gasteiger partial charge >= 0.3 is 5.97 Å². The smallest absolute Gasteiger partial charge is 0.344 e. The van der Waals surface area contributed by atoms with Crippen molar-refractivity contribution < 1.29 is 19.4 Å². The average Bonchev–Trinajstić information content (AvgIpc) is 2.60. The summed E-state index contributed by atoms with van der Waals surface area (Å²) in [7, 11) is 1.66. The van der Waals surface area contributed by atoms with Gasteiger partial charge in [0.2, 0.25) is 0 Å². The molecule has 1 N–H and O–H groups in total. The highest BCUT2D eigenvalue weighted by Crippen LogP contribution is 2.41. The number of likely N-dealkylation sites (N-methyl/N-ethyl adjacent to an activating group) is 1. The standard InChI is InChI=1S/C17H24N2O4/c1-3-18-6-8-19(9-7-18)14-11-13(22-2)10-12-4-5-15(17(20)21)23-16(12)14/h10-11,15H,3-9H2,1-2H3,(H,20,21). The first-order chi connectivity index (χ1) is 11.1. The lowest BCUT2D eigenvalue weighted by molar-refractivity contribution is -0.145. The molecule has 2 heterocycles. The molecule has 0 spiro atoms. The van der Waals surface area contributed by atoms with E-state index < -0.39 is 12.1 Å². The van der Waals surface area contributed by atoms with Crippen molar-refractivity contribution in [2.75, 3.05) is 44.7 Å². The van der Waals surface area contributed by atoms with Crippen molar-refractivity contribution in [2.24, 2.45) is 0 Å². The van der Waals surface area contributed by atoms with Crippen LogP contribution in [0.15, 0.2) is 12.1 Å². The van der Waals surface area contributed by atoms with Crippen LogP contribution in [0.25, 0.3) is 0 Å². The molecule has 6 nitrogen and oxygen atoms in total. The second-order valence-electron chi connectivity index (χ2n) is 6.04. The molecule has 0 aromatic heterocycles. The molecule has 0 bridgehead atoms. The van der Waals surface area contributed by atoms with E-state index in [1.165, 1.54) is 0 Å². The van der Waals surface area contributed by atoms with Gasteiger partial charge in [-0.2, -0.15) is 0 Å². The van der Waals surface area contributed by atoms with Gasteiger partial charge in [-0.05, 0) is 25.5 Å². The van der Waals surface area contributed by atoms with E-state index in [4.69, 9.17) is 9.47 Å². The summed E-state index contributed by atoms with van der Waals surface area (Å²) >= 11 is 0. The molecule has 1 aromatic rings. The van der Waals surface area contributed by atoms with Crippen molar-refractivity contribution in [3.05, 3.63) is 17.7 Å². The average molecular weight is 320 g/mol. The van der Waals surface area contributed by atoms with Gasteiger partial charge in [0.1, 0.15) is 11.5 Å². The minimum Gasteiger partial charge on any atom is -0.497 e. The molecule has 3 rings (SSSR count). The van der Waals surface area contributed by atoms with E-state index in [-0.39, 0.29) is 0 Å². The van der Waals surface area contributed by atoms with E-state index in [2.05, 4.69) is 16.7 Å². The molecular formula is C17H24N2O4. The second kappa shape index (κ2) is 6.66. The molecule has 1 fully saturated rings. The number of methoxy groups -OCH3 is 1. The number of carboxylic acid groups (broad SMARTS) is 1. The number of fused-ring (bicyclic) bond motifs is 1. The summed E-state index contributed by atoms with van der Waals surface area (Å²) in [5.74, 6) is 0.622. The maximum atomic E-state index is 11.3. The third-order valence-electron chi connectivity index (χ3n) is 4.73. The van der Waals surface area contributed by atoms with Crippen LogP contribution in [0.1, 0.15) is 18.9 Å². The molecule has 23 heavy (non-hydrogen) atoms. The van der Waals surface area contributed by atoms with E-state index in [0.717, 1.165) is 55.5 Å². The fraction of sp³-hybridized carbons (Fsp3) is 0.588. The van der Waals surface area contributed by atoms with Crippen molar-refractivity contribution in [2.45, 2.75) is 25.9 Å². The summed E-state index contributed by atoms with van der Waals surface area (Å²) < 4.78 is 11.2. The van der Waals surface area contributed by atoms with Gasteiger partial charge < -0.3 is 24.4 Å². The van der Waals surface area contributed by atoms with E-state index >= 15 is 0 Å². The predicted octanol–water partition coefficient (Wildman–Crippen LogP) is 1.62. The molecule has 2 aliphatic heterocycles. The Hall–Kier alpha value is -1.95. The number of nitrogens with zero attached hydrogens (tertiary/aromatic N) is 2. The third kappa shape index (κ3) is 3.22. The van der Waals surface area contributed by atoms with E-state index in [0.29, 0.717) is 12.8 Å². The first kappa shape index (κ1) is 15.9. The van der Waals surface area contributed by atoms with E-state index in [1.807, 2.05) is 12.1 Å². The minimum absolute atomic E-state index is 0.499. The molecule has 0 amide bonds. The van der Waals surface area contributed by atoms with Crippen molar-refractivity contribution in [3.63, 3.8) is 0 Å². The van der Waals surface area contributed by atoms with Crippen LogP contribution >= 0.6 is 0 Å². The summed E-state index contributed by atoms with van der Waals surface area (Å²) in [6.07, 6.45) is 0.441. The second-order valence-corrected chi connectivity index (χ2v) is 6.04. The zero-order valence-corrected chi connectivity index (χ0v) is 13.7.